The van der Waals surface area contributed by atoms with E-state index in [9.17, 15) is 5.11 Å². The second-order valence-electron chi connectivity index (χ2n) is 5.34. The number of hydrogen-bond acceptors (Lipinski definition) is 2. The van der Waals surface area contributed by atoms with Crippen LogP contribution in [-0.4, -0.2) is 18.3 Å². The summed E-state index contributed by atoms with van der Waals surface area (Å²) in [6.07, 6.45) is -0.195. The smallest absolute Gasteiger partial charge is 0.108 e. The lowest BCUT2D eigenvalue weighted by molar-refractivity contribution is 0.0504. The summed E-state index contributed by atoms with van der Waals surface area (Å²) in [6, 6.07) is 28.7. The molecule has 0 heterocycles. The Morgan fingerprint density at radius 1 is 0.739 bits per heavy atom. The van der Waals surface area contributed by atoms with Crippen molar-refractivity contribution >= 4 is 0 Å². The molecule has 0 spiro atoms. The van der Waals surface area contributed by atoms with Crippen LogP contribution in [0.25, 0.3) is 11.1 Å². The van der Waals surface area contributed by atoms with Crippen LogP contribution in [0.2, 0.25) is 0 Å². The zero-order chi connectivity index (χ0) is 15.9. The third-order valence-corrected chi connectivity index (χ3v) is 3.81. The third kappa shape index (κ3) is 3.67. The Morgan fingerprint density at radius 2 is 1.35 bits per heavy atom. The zero-order valence-corrected chi connectivity index (χ0v) is 12.9. The Hall–Kier alpha value is -2.42. The number of aliphatic hydroxyl groups excluding tert-OH is 1. The van der Waals surface area contributed by atoms with Crippen LogP contribution in [0, 0.1) is 0 Å². The first-order valence-corrected chi connectivity index (χ1v) is 7.82. The number of hydrogen-bond donors (Lipinski definition) is 1. The minimum atomic E-state index is -0.195. The second kappa shape index (κ2) is 7.73. The fourth-order valence-corrected chi connectivity index (χ4v) is 2.77. The first-order valence-electron chi connectivity index (χ1n) is 7.82. The van der Waals surface area contributed by atoms with Gasteiger partial charge in [-0.2, -0.15) is 0 Å². The summed E-state index contributed by atoms with van der Waals surface area (Å²) in [5.41, 5.74) is 4.51. The highest BCUT2D eigenvalue weighted by Gasteiger charge is 2.18. The predicted molar refractivity (Wildman–Crippen MR) is 93.2 cm³/mol. The normalized spacial score (nSPS) is 12.0. The van der Waals surface area contributed by atoms with Crippen molar-refractivity contribution in [1.29, 1.82) is 0 Å². The number of ether oxygens (including phenoxy) is 1. The van der Waals surface area contributed by atoms with Crippen molar-refractivity contribution in [3.05, 3.63) is 96.1 Å². The van der Waals surface area contributed by atoms with Gasteiger partial charge >= 0.3 is 0 Å². The third-order valence-electron chi connectivity index (χ3n) is 3.81. The van der Waals surface area contributed by atoms with Gasteiger partial charge in [0.15, 0.2) is 0 Å². The van der Waals surface area contributed by atoms with Crippen LogP contribution in [0.3, 0.4) is 0 Å². The van der Waals surface area contributed by atoms with E-state index in [0.717, 1.165) is 22.3 Å². The SMILES string of the molecule is OCCOC(c1ccccc1)c1ccccc1-c1ccccc1. The molecule has 23 heavy (non-hydrogen) atoms. The van der Waals surface area contributed by atoms with Gasteiger partial charge in [-0.05, 0) is 22.3 Å². The topological polar surface area (TPSA) is 29.5 Å². The fourth-order valence-electron chi connectivity index (χ4n) is 2.77. The monoisotopic (exact) mass is 304 g/mol. The average molecular weight is 304 g/mol. The molecule has 2 heteroatoms. The summed E-state index contributed by atoms with van der Waals surface area (Å²) in [7, 11) is 0. The molecule has 1 unspecified atom stereocenters. The van der Waals surface area contributed by atoms with Crippen LogP contribution in [-0.2, 0) is 4.74 Å². The van der Waals surface area contributed by atoms with E-state index in [-0.39, 0.29) is 12.7 Å². The Balaban J connectivity index is 2.06. The lowest BCUT2D eigenvalue weighted by Gasteiger charge is -2.21. The van der Waals surface area contributed by atoms with Gasteiger partial charge in [-0.15, -0.1) is 0 Å². The van der Waals surface area contributed by atoms with Crippen LogP contribution in [0.4, 0.5) is 0 Å². The molecule has 0 radical (unpaired) electrons. The summed E-state index contributed by atoms with van der Waals surface area (Å²) in [5, 5.41) is 9.17. The minimum Gasteiger partial charge on any atom is -0.394 e. The van der Waals surface area contributed by atoms with E-state index in [1.54, 1.807) is 0 Å². The van der Waals surface area contributed by atoms with Gasteiger partial charge in [0.1, 0.15) is 6.10 Å². The van der Waals surface area contributed by atoms with Crippen LogP contribution in [0.5, 0.6) is 0 Å². The fraction of sp³-hybridized carbons (Fsp3) is 0.143. The maximum Gasteiger partial charge on any atom is 0.108 e. The number of aliphatic hydroxyl groups is 1. The molecule has 116 valence electrons. The van der Waals surface area contributed by atoms with Crippen molar-refractivity contribution in [1.82, 2.24) is 0 Å². The molecule has 0 saturated heterocycles. The van der Waals surface area contributed by atoms with Gasteiger partial charge in [-0.1, -0.05) is 84.9 Å². The standard InChI is InChI=1S/C21H20O2/c22-15-16-23-21(18-11-5-2-6-12-18)20-14-8-7-13-19(20)17-9-3-1-4-10-17/h1-14,21-22H,15-16H2. The summed E-state index contributed by atoms with van der Waals surface area (Å²) < 4.78 is 5.98. The van der Waals surface area contributed by atoms with Gasteiger partial charge in [0.25, 0.3) is 0 Å². The van der Waals surface area contributed by atoms with Gasteiger partial charge in [-0.25, -0.2) is 0 Å². The Morgan fingerprint density at radius 3 is 2.04 bits per heavy atom. The highest BCUT2D eigenvalue weighted by Crippen LogP contribution is 2.34. The summed E-state index contributed by atoms with van der Waals surface area (Å²) in [4.78, 5) is 0. The highest BCUT2D eigenvalue weighted by atomic mass is 16.5. The zero-order valence-electron chi connectivity index (χ0n) is 12.9. The van der Waals surface area contributed by atoms with Crippen LogP contribution < -0.4 is 0 Å². The maximum atomic E-state index is 9.17. The Labute approximate surface area is 137 Å². The van der Waals surface area contributed by atoms with Gasteiger partial charge in [-0.3, -0.25) is 0 Å². The maximum absolute atomic E-state index is 9.17. The molecule has 0 saturated carbocycles. The van der Waals surface area contributed by atoms with Gasteiger partial charge in [0.05, 0.1) is 13.2 Å². The largest absolute Gasteiger partial charge is 0.394 e. The summed E-state index contributed by atoms with van der Waals surface area (Å²) in [6.45, 7) is 0.319. The first kappa shape index (κ1) is 15.5. The quantitative estimate of drug-likeness (QED) is 0.729. The van der Waals surface area contributed by atoms with Crippen molar-refractivity contribution in [3.63, 3.8) is 0 Å². The van der Waals surface area contributed by atoms with Crippen LogP contribution in [0.1, 0.15) is 17.2 Å². The second-order valence-corrected chi connectivity index (χ2v) is 5.34. The lowest BCUT2D eigenvalue weighted by atomic mass is 9.92. The van der Waals surface area contributed by atoms with Gasteiger partial charge in [0.2, 0.25) is 0 Å². The average Bonchev–Trinajstić information content (AvgIpc) is 2.64. The molecule has 3 aromatic rings. The van der Waals surface area contributed by atoms with Crippen molar-refractivity contribution < 1.29 is 9.84 Å². The molecule has 2 nitrogen and oxygen atoms in total. The molecule has 0 fully saturated rings. The van der Waals surface area contributed by atoms with E-state index < -0.39 is 0 Å². The molecule has 0 aromatic heterocycles. The van der Waals surface area contributed by atoms with Crippen molar-refractivity contribution in [3.8, 4) is 11.1 Å². The van der Waals surface area contributed by atoms with E-state index in [0.29, 0.717) is 6.61 Å². The summed E-state index contributed by atoms with van der Waals surface area (Å²) in [5.74, 6) is 0. The van der Waals surface area contributed by atoms with Crippen LogP contribution in [0.15, 0.2) is 84.9 Å². The Kier molecular flexibility index (Phi) is 5.20. The number of rotatable bonds is 6. The van der Waals surface area contributed by atoms with E-state index in [1.165, 1.54) is 0 Å². The van der Waals surface area contributed by atoms with Crippen molar-refractivity contribution in [2.75, 3.05) is 13.2 Å². The molecule has 1 N–H and O–H groups in total. The molecule has 1 atom stereocenters. The van der Waals surface area contributed by atoms with E-state index in [4.69, 9.17) is 4.74 Å². The minimum absolute atomic E-state index is 0.0108. The van der Waals surface area contributed by atoms with E-state index in [2.05, 4.69) is 36.4 Å². The molecule has 0 aliphatic heterocycles. The molecular weight excluding hydrogens is 284 g/mol. The van der Waals surface area contributed by atoms with E-state index >= 15 is 0 Å². The molecule has 3 aromatic carbocycles. The molecule has 3 rings (SSSR count). The van der Waals surface area contributed by atoms with E-state index in [1.807, 2.05) is 48.5 Å². The molecule has 0 amide bonds. The molecular formula is C21H20O2. The first-order chi connectivity index (χ1) is 11.4. The van der Waals surface area contributed by atoms with Crippen LogP contribution >= 0.6 is 0 Å². The van der Waals surface area contributed by atoms with Gasteiger partial charge in [0, 0.05) is 0 Å². The predicted octanol–water partition coefficient (Wildman–Crippen LogP) is 4.45. The molecule has 0 aliphatic carbocycles. The van der Waals surface area contributed by atoms with Gasteiger partial charge < -0.3 is 9.84 Å². The Bertz CT molecular complexity index is 723. The highest BCUT2D eigenvalue weighted by molar-refractivity contribution is 5.68. The molecule has 0 bridgehead atoms. The summed E-state index contributed by atoms with van der Waals surface area (Å²) >= 11 is 0. The lowest BCUT2D eigenvalue weighted by Crippen LogP contribution is -2.10. The van der Waals surface area contributed by atoms with Crippen molar-refractivity contribution in [2.45, 2.75) is 6.10 Å². The molecule has 0 aliphatic rings. The number of benzene rings is 3. The van der Waals surface area contributed by atoms with Crippen molar-refractivity contribution in [2.24, 2.45) is 0 Å².